The molecule has 0 saturated carbocycles. The summed E-state index contributed by atoms with van der Waals surface area (Å²) < 4.78 is 31.9. The predicted octanol–water partition coefficient (Wildman–Crippen LogP) is 13.9. The number of unbranched alkanes of at least 4 members (excludes halogenated alkanes) is 20. The third-order valence-corrected chi connectivity index (χ3v) is 10.9. The van der Waals surface area contributed by atoms with Gasteiger partial charge in [0.2, 0.25) is 11.5 Å². The van der Waals surface area contributed by atoms with Crippen LogP contribution in [0.3, 0.4) is 0 Å². The van der Waals surface area contributed by atoms with Gasteiger partial charge in [-0.1, -0.05) is 163 Å². The molecule has 0 spiro atoms. The third kappa shape index (κ3) is 15.7. The number of benzene rings is 2. The second-order valence-corrected chi connectivity index (χ2v) is 15.9. The van der Waals surface area contributed by atoms with Gasteiger partial charge in [0, 0.05) is 11.1 Å². The van der Waals surface area contributed by atoms with Crippen molar-refractivity contribution in [2.45, 2.75) is 195 Å². The third-order valence-electron chi connectivity index (χ3n) is 10.9. The number of hydrogen-bond acceptors (Lipinski definition) is 8. The molecule has 0 atom stereocenters. The Morgan fingerprint density at radius 2 is 0.667 bits per heavy atom. The van der Waals surface area contributed by atoms with Crippen LogP contribution in [0.15, 0.2) is 12.1 Å². The number of rotatable bonds is 35. The molecule has 322 valence electrons. The van der Waals surface area contributed by atoms with Crippen LogP contribution in [0.4, 0.5) is 0 Å². The first kappa shape index (κ1) is 48.0. The van der Waals surface area contributed by atoms with Gasteiger partial charge in [0.15, 0.2) is 34.6 Å². The summed E-state index contributed by atoms with van der Waals surface area (Å²) in [6, 6.07) is 3.24. The molecule has 0 bridgehead atoms. The van der Waals surface area contributed by atoms with Gasteiger partial charge in [0.25, 0.3) is 0 Å². The van der Waals surface area contributed by atoms with Crippen molar-refractivity contribution in [3.63, 3.8) is 0 Å². The first-order valence-electron chi connectivity index (χ1n) is 23.3. The lowest BCUT2D eigenvalue weighted by Crippen LogP contribution is -2.24. The summed E-state index contributed by atoms with van der Waals surface area (Å²) in [5, 5.41) is 11.9. The number of fused-ring (bicyclic) bond motifs is 2. The zero-order valence-corrected chi connectivity index (χ0v) is 36.7. The van der Waals surface area contributed by atoms with Gasteiger partial charge in [0.05, 0.1) is 44.2 Å². The fourth-order valence-corrected chi connectivity index (χ4v) is 7.37. The quantitative estimate of drug-likeness (QED) is 0.0588. The van der Waals surface area contributed by atoms with Crippen LogP contribution in [0.25, 0.3) is 0 Å². The van der Waals surface area contributed by atoms with Crippen molar-refractivity contribution in [1.82, 2.24) is 0 Å². The van der Waals surface area contributed by atoms with E-state index in [0.717, 1.165) is 141 Å². The summed E-state index contributed by atoms with van der Waals surface area (Å²) in [7, 11) is 0. The molecule has 2 aromatic carbocycles. The van der Waals surface area contributed by atoms with E-state index in [1.54, 1.807) is 12.1 Å². The number of phenols is 1. The Morgan fingerprint density at radius 3 is 1.07 bits per heavy atom. The largest absolute Gasteiger partial charge is 0.504 e. The topological polar surface area (TPSA) is 101 Å². The number of aromatic hydroxyl groups is 1. The van der Waals surface area contributed by atoms with E-state index in [1.807, 2.05) is 0 Å². The van der Waals surface area contributed by atoms with E-state index >= 15 is 0 Å². The Bertz CT molecular complexity index is 1450. The second kappa shape index (κ2) is 28.9. The SMILES string of the molecule is CCCCCCCOc1cc2c(c(O)c1OCCCCCCC)C(=O)c1cc(OCCCCCCC)c(OCCCCCCC)c(OCCCCCCC)c1C2=O. The van der Waals surface area contributed by atoms with E-state index in [9.17, 15) is 14.7 Å². The first-order valence-corrected chi connectivity index (χ1v) is 23.3. The van der Waals surface area contributed by atoms with Crippen LogP contribution in [0, 0.1) is 0 Å². The second-order valence-electron chi connectivity index (χ2n) is 15.9. The summed E-state index contributed by atoms with van der Waals surface area (Å²) in [4.78, 5) is 29.5. The molecular weight excluding hydrogens is 717 g/mol. The van der Waals surface area contributed by atoms with Gasteiger partial charge in [0.1, 0.15) is 0 Å². The summed E-state index contributed by atoms with van der Waals surface area (Å²) in [6.45, 7) is 13.0. The molecular formula is C49H78O8. The maximum absolute atomic E-state index is 14.8. The summed E-state index contributed by atoms with van der Waals surface area (Å²) >= 11 is 0. The average molecular weight is 795 g/mol. The van der Waals surface area contributed by atoms with Crippen LogP contribution in [-0.2, 0) is 0 Å². The van der Waals surface area contributed by atoms with Gasteiger partial charge in [-0.3, -0.25) is 9.59 Å². The zero-order valence-electron chi connectivity index (χ0n) is 36.7. The monoisotopic (exact) mass is 795 g/mol. The molecule has 0 radical (unpaired) electrons. The number of ketones is 2. The van der Waals surface area contributed by atoms with Crippen LogP contribution in [0.5, 0.6) is 34.5 Å². The molecule has 1 aliphatic carbocycles. The first-order chi connectivity index (χ1) is 27.9. The molecule has 1 N–H and O–H groups in total. The van der Waals surface area contributed by atoms with Crippen LogP contribution in [-0.4, -0.2) is 49.7 Å². The van der Waals surface area contributed by atoms with E-state index in [1.165, 1.54) is 19.3 Å². The highest BCUT2D eigenvalue weighted by molar-refractivity contribution is 6.31. The highest BCUT2D eigenvalue weighted by Gasteiger charge is 2.40. The summed E-state index contributed by atoms with van der Waals surface area (Å²) in [6.07, 6.45) is 26.5. The molecule has 0 heterocycles. The molecule has 0 saturated heterocycles. The van der Waals surface area contributed by atoms with Gasteiger partial charge >= 0.3 is 0 Å². The lowest BCUT2D eigenvalue weighted by molar-refractivity contribution is 0.0969. The maximum atomic E-state index is 14.8. The molecule has 8 heteroatoms. The van der Waals surface area contributed by atoms with Crippen molar-refractivity contribution in [3.8, 4) is 34.5 Å². The van der Waals surface area contributed by atoms with Gasteiger partial charge < -0.3 is 28.8 Å². The smallest absolute Gasteiger partial charge is 0.204 e. The average Bonchev–Trinajstić information content (AvgIpc) is 3.21. The Kier molecular flexibility index (Phi) is 24.3. The molecule has 1 aliphatic rings. The Morgan fingerprint density at radius 1 is 0.368 bits per heavy atom. The summed E-state index contributed by atoms with van der Waals surface area (Å²) in [5.41, 5.74) is 0.329. The van der Waals surface area contributed by atoms with E-state index in [2.05, 4.69) is 34.6 Å². The Balaban J connectivity index is 2.08. The normalized spacial score (nSPS) is 12.1. The van der Waals surface area contributed by atoms with Crippen molar-refractivity contribution in [3.05, 3.63) is 34.4 Å². The van der Waals surface area contributed by atoms with Crippen molar-refractivity contribution >= 4 is 11.6 Å². The van der Waals surface area contributed by atoms with Crippen molar-refractivity contribution in [1.29, 1.82) is 0 Å². The van der Waals surface area contributed by atoms with Gasteiger partial charge in [-0.05, 0) is 44.2 Å². The number of ether oxygens (including phenoxy) is 5. The Hall–Kier alpha value is -3.42. The molecule has 0 unspecified atom stereocenters. The van der Waals surface area contributed by atoms with Crippen molar-refractivity contribution < 1.29 is 38.4 Å². The number of phenolic OH excluding ortho intramolecular Hbond substituents is 1. The lowest BCUT2D eigenvalue weighted by Gasteiger charge is -2.26. The highest BCUT2D eigenvalue weighted by Crippen LogP contribution is 2.50. The van der Waals surface area contributed by atoms with Crippen molar-refractivity contribution in [2.24, 2.45) is 0 Å². The van der Waals surface area contributed by atoms with E-state index in [-0.39, 0.29) is 45.3 Å². The number of hydrogen-bond donors (Lipinski definition) is 1. The van der Waals surface area contributed by atoms with E-state index < -0.39 is 11.6 Å². The molecule has 0 fully saturated rings. The number of carbonyl (C=O) groups is 2. The van der Waals surface area contributed by atoms with E-state index in [4.69, 9.17) is 23.7 Å². The fourth-order valence-electron chi connectivity index (χ4n) is 7.37. The predicted molar refractivity (Wildman–Crippen MR) is 233 cm³/mol. The minimum Gasteiger partial charge on any atom is -0.504 e. The molecule has 0 amide bonds. The Labute approximate surface area is 346 Å². The van der Waals surface area contributed by atoms with Gasteiger partial charge in [-0.2, -0.15) is 0 Å². The highest BCUT2D eigenvalue weighted by atomic mass is 16.5. The van der Waals surface area contributed by atoms with Gasteiger partial charge in [-0.15, -0.1) is 0 Å². The maximum Gasteiger partial charge on any atom is 0.204 e. The van der Waals surface area contributed by atoms with Crippen molar-refractivity contribution in [2.75, 3.05) is 33.0 Å². The van der Waals surface area contributed by atoms with E-state index in [0.29, 0.717) is 44.5 Å². The molecule has 8 nitrogen and oxygen atoms in total. The summed E-state index contributed by atoms with van der Waals surface area (Å²) in [5.74, 6) is 0.210. The van der Waals surface area contributed by atoms with Crippen LogP contribution >= 0.6 is 0 Å². The van der Waals surface area contributed by atoms with Gasteiger partial charge in [-0.25, -0.2) is 0 Å². The molecule has 57 heavy (non-hydrogen) atoms. The van der Waals surface area contributed by atoms with Crippen LogP contribution in [0.1, 0.15) is 227 Å². The number of carbonyl (C=O) groups excluding carboxylic acids is 2. The molecule has 3 rings (SSSR count). The van der Waals surface area contributed by atoms with Crippen LogP contribution < -0.4 is 23.7 Å². The zero-order chi connectivity index (χ0) is 41.1. The molecule has 0 aromatic heterocycles. The minimum atomic E-state index is -0.470. The molecule has 0 aliphatic heterocycles. The van der Waals surface area contributed by atoms with Crippen LogP contribution in [0.2, 0.25) is 0 Å². The standard InChI is InChI=1S/C49H78O8/c1-6-11-16-21-26-31-53-40-36-38-42(46(52)47(40)55-33-28-23-18-13-8-3)44(50)39-37-41(54-32-27-22-17-12-7-2)48(56-34-29-24-19-14-9-4)49(43(39)45(38)51)57-35-30-25-20-15-10-5/h36-37,52H,6-35H2,1-5H3. The minimum absolute atomic E-state index is 0.0654. The molecule has 2 aromatic rings. The fraction of sp³-hybridized carbons (Fsp3) is 0.714. The lowest BCUT2D eigenvalue weighted by atomic mass is 9.82.